The SMILES string of the molecule is C[C@@]12CC[C@]1(C)CC(CC(=O)Cl)(Cc1ccccc1)C2. The number of rotatable bonds is 4. The average Bonchev–Trinajstić information content (AvgIpc) is 2.49. The Kier molecular flexibility index (Phi) is 3.25. The van der Waals surface area contributed by atoms with Gasteiger partial charge in [0, 0.05) is 6.42 Å². The first kappa shape index (κ1) is 14.1. The summed E-state index contributed by atoms with van der Waals surface area (Å²) in [4.78, 5) is 11.6. The molecule has 2 fully saturated rings. The summed E-state index contributed by atoms with van der Waals surface area (Å²) < 4.78 is 0. The van der Waals surface area contributed by atoms with Gasteiger partial charge in [-0.2, -0.15) is 0 Å². The van der Waals surface area contributed by atoms with Crippen LogP contribution in [0.2, 0.25) is 0 Å². The first-order chi connectivity index (χ1) is 9.37. The smallest absolute Gasteiger partial charge is 0.222 e. The standard InChI is InChI=1S/C18H23ClO/c1-16-8-9-17(16,2)13-18(12-16,11-15(19)20)10-14-6-4-3-5-7-14/h3-7H,8-13H2,1-2H3/t16-,17+,18?. The van der Waals surface area contributed by atoms with E-state index in [9.17, 15) is 4.79 Å². The lowest BCUT2D eigenvalue weighted by atomic mass is 9.53. The van der Waals surface area contributed by atoms with E-state index < -0.39 is 0 Å². The zero-order valence-electron chi connectivity index (χ0n) is 12.4. The third-order valence-corrected chi connectivity index (χ3v) is 6.29. The fraction of sp³-hybridized carbons (Fsp3) is 0.611. The molecule has 0 N–H and O–H groups in total. The summed E-state index contributed by atoms with van der Waals surface area (Å²) in [6.07, 6.45) is 6.40. The Balaban J connectivity index is 1.89. The molecule has 0 saturated heterocycles. The summed E-state index contributed by atoms with van der Waals surface area (Å²) in [6.45, 7) is 4.81. The molecule has 1 nitrogen and oxygen atoms in total. The molecule has 2 aliphatic carbocycles. The van der Waals surface area contributed by atoms with Crippen LogP contribution in [0, 0.1) is 16.2 Å². The van der Waals surface area contributed by atoms with Crippen LogP contribution in [-0.2, 0) is 11.2 Å². The first-order valence-electron chi connectivity index (χ1n) is 7.59. The van der Waals surface area contributed by atoms with E-state index in [0.29, 0.717) is 17.3 Å². The second-order valence-electron chi connectivity index (χ2n) is 7.67. The molecule has 1 aromatic rings. The van der Waals surface area contributed by atoms with Crippen LogP contribution in [0.3, 0.4) is 0 Å². The molecule has 0 heterocycles. The van der Waals surface area contributed by atoms with Crippen molar-refractivity contribution in [2.24, 2.45) is 16.2 Å². The zero-order chi connectivity index (χ0) is 14.4. The molecule has 20 heavy (non-hydrogen) atoms. The predicted octanol–water partition coefficient (Wildman–Crippen LogP) is 4.97. The fourth-order valence-corrected chi connectivity index (χ4v) is 5.22. The number of fused-ring (bicyclic) bond motifs is 1. The van der Waals surface area contributed by atoms with Crippen LogP contribution in [0.25, 0.3) is 0 Å². The Bertz CT molecular complexity index is 505. The van der Waals surface area contributed by atoms with Gasteiger partial charge in [-0.15, -0.1) is 0 Å². The maximum atomic E-state index is 11.6. The van der Waals surface area contributed by atoms with Crippen LogP contribution in [-0.4, -0.2) is 5.24 Å². The minimum absolute atomic E-state index is 0.0696. The number of benzene rings is 1. The van der Waals surface area contributed by atoms with Gasteiger partial charge in [0.15, 0.2) is 0 Å². The van der Waals surface area contributed by atoms with Crippen LogP contribution in [0.15, 0.2) is 30.3 Å². The van der Waals surface area contributed by atoms with Crippen LogP contribution in [0.4, 0.5) is 0 Å². The molecule has 1 aromatic carbocycles. The Morgan fingerprint density at radius 3 is 2.10 bits per heavy atom. The Hall–Kier alpha value is -0.820. The zero-order valence-corrected chi connectivity index (χ0v) is 13.2. The Labute approximate surface area is 126 Å². The predicted molar refractivity (Wildman–Crippen MR) is 82.7 cm³/mol. The lowest BCUT2D eigenvalue weighted by Crippen LogP contribution is -2.42. The van der Waals surface area contributed by atoms with Gasteiger partial charge in [0.25, 0.3) is 0 Å². The highest BCUT2D eigenvalue weighted by Gasteiger charge is 2.63. The molecule has 108 valence electrons. The van der Waals surface area contributed by atoms with Crippen molar-refractivity contribution in [2.75, 3.05) is 0 Å². The normalized spacial score (nSPS) is 39.1. The summed E-state index contributed by atoms with van der Waals surface area (Å²) in [5, 5.41) is -0.172. The summed E-state index contributed by atoms with van der Waals surface area (Å²) in [6, 6.07) is 10.6. The van der Waals surface area contributed by atoms with Crippen molar-refractivity contribution >= 4 is 16.8 Å². The number of hydrogen-bond donors (Lipinski definition) is 0. The van der Waals surface area contributed by atoms with Crippen LogP contribution < -0.4 is 0 Å². The van der Waals surface area contributed by atoms with Gasteiger partial charge in [-0.25, -0.2) is 0 Å². The van der Waals surface area contributed by atoms with Crippen molar-refractivity contribution < 1.29 is 4.79 Å². The highest BCUT2D eigenvalue weighted by atomic mass is 35.5. The molecule has 0 bridgehead atoms. The topological polar surface area (TPSA) is 17.1 Å². The molecule has 0 aromatic heterocycles. The molecule has 2 saturated carbocycles. The van der Waals surface area contributed by atoms with E-state index in [1.54, 1.807) is 0 Å². The van der Waals surface area contributed by atoms with Gasteiger partial charge in [0.2, 0.25) is 5.24 Å². The Morgan fingerprint density at radius 2 is 1.65 bits per heavy atom. The van der Waals surface area contributed by atoms with E-state index in [1.165, 1.54) is 18.4 Å². The molecule has 1 unspecified atom stereocenters. The van der Waals surface area contributed by atoms with Gasteiger partial charge in [-0.1, -0.05) is 44.2 Å². The van der Waals surface area contributed by atoms with E-state index in [-0.39, 0.29) is 10.7 Å². The van der Waals surface area contributed by atoms with Crippen molar-refractivity contribution in [1.82, 2.24) is 0 Å². The molecule has 3 atom stereocenters. The number of carbonyl (C=O) groups is 1. The molecule has 0 amide bonds. The highest BCUT2D eigenvalue weighted by molar-refractivity contribution is 6.63. The maximum Gasteiger partial charge on any atom is 0.222 e. The average molecular weight is 291 g/mol. The van der Waals surface area contributed by atoms with Crippen molar-refractivity contribution in [3.63, 3.8) is 0 Å². The lowest BCUT2D eigenvalue weighted by Gasteiger charge is -2.52. The number of halogens is 1. The molecule has 2 aliphatic rings. The van der Waals surface area contributed by atoms with Crippen LogP contribution >= 0.6 is 11.6 Å². The first-order valence-corrected chi connectivity index (χ1v) is 7.97. The van der Waals surface area contributed by atoms with Gasteiger partial charge in [-0.05, 0) is 65.5 Å². The summed E-state index contributed by atoms with van der Waals surface area (Å²) >= 11 is 5.78. The van der Waals surface area contributed by atoms with Crippen LogP contribution in [0.5, 0.6) is 0 Å². The third kappa shape index (κ3) is 2.20. The molecule has 3 rings (SSSR count). The third-order valence-electron chi connectivity index (χ3n) is 6.15. The van der Waals surface area contributed by atoms with E-state index >= 15 is 0 Å². The summed E-state index contributed by atoms with van der Waals surface area (Å²) in [5.74, 6) is 0. The fourth-order valence-electron chi connectivity index (χ4n) is 4.94. The van der Waals surface area contributed by atoms with Crippen molar-refractivity contribution in [3.05, 3.63) is 35.9 Å². The minimum Gasteiger partial charge on any atom is -0.281 e. The summed E-state index contributed by atoms with van der Waals surface area (Å²) in [7, 11) is 0. The molecule has 2 heteroatoms. The molecule has 0 spiro atoms. The molecular weight excluding hydrogens is 268 g/mol. The van der Waals surface area contributed by atoms with Crippen LogP contribution in [0.1, 0.15) is 51.5 Å². The molecule has 0 radical (unpaired) electrons. The van der Waals surface area contributed by atoms with Gasteiger partial charge < -0.3 is 0 Å². The van der Waals surface area contributed by atoms with Gasteiger partial charge >= 0.3 is 0 Å². The van der Waals surface area contributed by atoms with E-state index in [0.717, 1.165) is 19.3 Å². The quantitative estimate of drug-likeness (QED) is 0.715. The summed E-state index contributed by atoms with van der Waals surface area (Å²) in [5.41, 5.74) is 2.22. The van der Waals surface area contributed by atoms with Gasteiger partial charge in [0.05, 0.1) is 0 Å². The maximum absolute atomic E-state index is 11.6. The Morgan fingerprint density at radius 1 is 1.10 bits per heavy atom. The second kappa shape index (κ2) is 4.59. The van der Waals surface area contributed by atoms with Crippen molar-refractivity contribution in [1.29, 1.82) is 0 Å². The monoisotopic (exact) mass is 290 g/mol. The second-order valence-corrected chi connectivity index (χ2v) is 8.09. The molecule has 0 aliphatic heterocycles. The van der Waals surface area contributed by atoms with E-state index in [1.807, 2.05) is 6.07 Å². The van der Waals surface area contributed by atoms with Gasteiger partial charge in [0.1, 0.15) is 0 Å². The van der Waals surface area contributed by atoms with Crippen molar-refractivity contribution in [2.45, 2.75) is 52.4 Å². The molecular formula is C18H23ClO. The number of carbonyl (C=O) groups excluding carboxylic acids is 1. The van der Waals surface area contributed by atoms with E-state index in [2.05, 4.69) is 38.1 Å². The largest absolute Gasteiger partial charge is 0.281 e. The number of hydrogen-bond acceptors (Lipinski definition) is 1. The van der Waals surface area contributed by atoms with E-state index in [4.69, 9.17) is 11.6 Å². The van der Waals surface area contributed by atoms with Gasteiger partial charge in [-0.3, -0.25) is 4.79 Å². The highest BCUT2D eigenvalue weighted by Crippen LogP contribution is 2.72. The minimum atomic E-state index is -0.172. The van der Waals surface area contributed by atoms with Crippen molar-refractivity contribution in [3.8, 4) is 0 Å². The lowest BCUT2D eigenvalue weighted by molar-refractivity contribution is -0.113.